The van der Waals surface area contributed by atoms with E-state index in [0.29, 0.717) is 13.0 Å². The van der Waals surface area contributed by atoms with Gasteiger partial charge in [0.2, 0.25) is 0 Å². The summed E-state index contributed by atoms with van der Waals surface area (Å²) in [5.74, 6) is 1.60. The molecular weight excluding hydrogens is 226 g/mol. The summed E-state index contributed by atoms with van der Waals surface area (Å²) in [5.41, 5.74) is 2.70. The van der Waals surface area contributed by atoms with Crippen LogP contribution in [0.4, 0.5) is 0 Å². The van der Waals surface area contributed by atoms with Gasteiger partial charge in [0.25, 0.3) is 0 Å². The van der Waals surface area contributed by atoms with Crippen molar-refractivity contribution in [1.29, 1.82) is 5.26 Å². The number of H-pyrrole nitrogens is 1. The quantitative estimate of drug-likeness (QED) is 0.895. The maximum atomic E-state index is 8.71. The molecule has 4 nitrogen and oxygen atoms in total. The summed E-state index contributed by atoms with van der Waals surface area (Å²) in [6.45, 7) is 4.52. The fourth-order valence-electron chi connectivity index (χ4n) is 1.78. The van der Waals surface area contributed by atoms with E-state index < -0.39 is 0 Å². The molecule has 0 radical (unpaired) electrons. The molecule has 0 aliphatic rings. The molecule has 1 aromatic heterocycles. The zero-order valence-corrected chi connectivity index (χ0v) is 10.5. The van der Waals surface area contributed by atoms with E-state index in [1.807, 2.05) is 38.1 Å². The Kier molecular flexibility index (Phi) is 3.63. The second-order valence-corrected chi connectivity index (χ2v) is 3.95. The highest BCUT2D eigenvalue weighted by Crippen LogP contribution is 2.22. The summed E-state index contributed by atoms with van der Waals surface area (Å²) in [6, 6.07) is 9.87. The van der Waals surface area contributed by atoms with Crippen molar-refractivity contribution in [2.24, 2.45) is 0 Å². The Labute approximate surface area is 106 Å². The molecule has 0 unspecified atom stereocenters. The summed E-state index contributed by atoms with van der Waals surface area (Å²) < 4.78 is 5.46. The number of hydrogen-bond acceptors (Lipinski definition) is 3. The van der Waals surface area contributed by atoms with E-state index >= 15 is 0 Å². The first-order chi connectivity index (χ1) is 8.74. The van der Waals surface area contributed by atoms with E-state index in [4.69, 9.17) is 10.00 Å². The van der Waals surface area contributed by atoms with Crippen molar-refractivity contribution in [1.82, 2.24) is 9.97 Å². The van der Waals surface area contributed by atoms with Gasteiger partial charge in [-0.1, -0.05) is 12.1 Å². The smallest absolute Gasteiger partial charge is 0.137 e. The number of hydrogen-bond donors (Lipinski definition) is 1. The molecular formula is C14H15N3O. The van der Waals surface area contributed by atoms with E-state index in [9.17, 15) is 0 Å². The topological polar surface area (TPSA) is 61.7 Å². The molecule has 92 valence electrons. The monoisotopic (exact) mass is 241 g/mol. The van der Waals surface area contributed by atoms with Gasteiger partial charge < -0.3 is 9.72 Å². The molecule has 0 atom stereocenters. The summed E-state index contributed by atoms with van der Waals surface area (Å²) in [6.07, 6.45) is 0.327. The van der Waals surface area contributed by atoms with Crippen LogP contribution in [0.3, 0.4) is 0 Å². The van der Waals surface area contributed by atoms with Gasteiger partial charge in [-0.2, -0.15) is 5.26 Å². The van der Waals surface area contributed by atoms with Gasteiger partial charge >= 0.3 is 0 Å². The second-order valence-electron chi connectivity index (χ2n) is 3.95. The number of benzene rings is 1. The van der Waals surface area contributed by atoms with Crippen molar-refractivity contribution in [3.8, 4) is 23.2 Å². The average Bonchev–Trinajstić information content (AvgIpc) is 2.73. The van der Waals surface area contributed by atoms with E-state index in [1.54, 1.807) is 0 Å². The predicted molar refractivity (Wildman–Crippen MR) is 69.2 cm³/mol. The van der Waals surface area contributed by atoms with E-state index in [0.717, 1.165) is 28.5 Å². The fourth-order valence-corrected chi connectivity index (χ4v) is 1.78. The van der Waals surface area contributed by atoms with E-state index in [2.05, 4.69) is 16.0 Å². The minimum Gasteiger partial charge on any atom is -0.494 e. The third-order valence-electron chi connectivity index (χ3n) is 2.65. The Morgan fingerprint density at radius 2 is 2.28 bits per heavy atom. The molecule has 0 aliphatic heterocycles. The standard InChI is InChI=1S/C14H15N3O/c1-3-18-12-6-4-5-11(9-12)14-16-10(2)13(17-14)7-8-15/h4-6,9H,3,7H2,1-2H3,(H,16,17). The minimum atomic E-state index is 0.327. The number of nitrogens with zero attached hydrogens (tertiary/aromatic N) is 2. The third-order valence-corrected chi connectivity index (χ3v) is 2.65. The molecule has 2 aromatic rings. The highest BCUT2D eigenvalue weighted by Gasteiger charge is 2.08. The normalized spacial score (nSPS) is 10.1. The van der Waals surface area contributed by atoms with Crippen molar-refractivity contribution >= 4 is 0 Å². The van der Waals surface area contributed by atoms with Crippen LogP contribution >= 0.6 is 0 Å². The van der Waals surface area contributed by atoms with E-state index in [-0.39, 0.29) is 0 Å². The van der Waals surface area contributed by atoms with Gasteiger partial charge in [0.05, 0.1) is 24.8 Å². The number of rotatable bonds is 4. The van der Waals surface area contributed by atoms with Gasteiger partial charge in [-0.3, -0.25) is 0 Å². The Bertz CT molecular complexity index is 581. The lowest BCUT2D eigenvalue weighted by Crippen LogP contribution is -1.91. The van der Waals surface area contributed by atoms with Crippen LogP contribution in [0.25, 0.3) is 11.4 Å². The van der Waals surface area contributed by atoms with Gasteiger partial charge in [-0.05, 0) is 26.0 Å². The zero-order valence-electron chi connectivity index (χ0n) is 10.5. The molecule has 2 rings (SSSR count). The largest absolute Gasteiger partial charge is 0.494 e. The van der Waals surface area contributed by atoms with Crippen LogP contribution in [-0.2, 0) is 6.42 Å². The molecule has 1 N–H and O–H groups in total. The molecule has 0 spiro atoms. The number of ether oxygens (including phenoxy) is 1. The number of nitriles is 1. The van der Waals surface area contributed by atoms with Gasteiger partial charge in [0.15, 0.2) is 0 Å². The molecule has 1 heterocycles. The molecule has 0 fully saturated rings. The predicted octanol–water partition coefficient (Wildman–Crippen LogP) is 2.85. The number of imidazole rings is 1. The Morgan fingerprint density at radius 3 is 3.00 bits per heavy atom. The van der Waals surface area contributed by atoms with Crippen molar-refractivity contribution in [3.05, 3.63) is 35.7 Å². The van der Waals surface area contributed by atoms with Crippen LogP contribution in [0.5, 0.6) is 5.75 Å². The van der Waals surface area contributed by atoms with Crippen molar-refractivity contribution < 1.29 is 4.74 Å². The van der Waals surface area contributed by atoms with Crippen LogP contribution in [-0.4, -0.2) is 16.6 Å². The van der Waals surface area contributed by atoms with Gasteiger partial charge in [0.1, 0.15) is 11.6 Å². The molecule has 0 saturated heterocycles. The maximum Gasteiger partial charge on any atom is 0.137 e. The van der Waals surface area contributed by atoms with Crippen LogP contribution in [0, 0.1) is 18.3 Å². The van der Waals surface area contributed by atoms with Crippen molar-refractivity contribution in [2.75, 3.05) is 6.61 Å². The summed E-state index contributed by atoms with van der Waals surface area (Å²) in [7, 11) is 0. The Hall–Kier alpha value is -2.28. The van der Waals surface area contributed by atoms with Crippen molar-refractivity contribution in [2.45, 2.75) is 20.3 Å². The van der Waals surface area contributed by atoms with E-state index in [1.165, 1.54) is 0 Å². The molecule has 4 heteroatoms. The first-order valence-corrected chi connectivity index (χ1v) is 5.90. The molecule has 0 aliphatic carbocycles. The lowest BCUT2D eigenvalue weighted by molar-refractivity contribution is 0.340. The SMILES string of the molecule is CCOc1cccc(-c2nc(CC#N)c(C)[nH]2)c1. The Morgan fingerprint density at radius 1 is 1.44 bits per heavy atom. The second kappa shape index (κ2) is 5.37. The Balaban J connectivity index is 2.33. The summed E-state index contributed by atoms with van der Waals surface area (Å²) in [5, 5.41) is 8.71. The lowest BCUT2D eigenvalue weighted by atomic mass is 10.2. The minimum absolute atomic E-state index is 0.327. The summed E-state index contributed by atoms with van der Waals surface area (Å²) >= 11 is 0. The number of aryl methyl sites for hydroxylation is 1. The van der Waals surface area contributed by atoms with Crippen LogP contribution in [0.2, 0.25) is 0 Å². The molecule has 0 saturated carbocycles. The fraction of sp³-hybridized carbons (Fsp3) is 0.286. The number of aromatic amines is 1. The summed E-state index contributed by atoms with van der Waals surface area (Å²) in [4.78, 5) is 7.63. The molecule has 18 heavy (non-hydrogen) atoms. The van der Waals surface area contributed by atoms with Crippen LogP contribution in [0.15, 0.2) is 24.3 Å². The van der Waals surface area contributed by atoms with Crippen LogP contribution in [0.1, 0.15) is 18.3 Å². The molecule has 0 amide bonds. The van der Waals surface area contributed by atoms with Gasteiger partial charge in [-0.15, -0.1) is 0 Å². The first kappa shape index (κ1) is 12.2. The van der Waals surface area contributed by atoms with Crippen molar-refractivity contribution in [3.63, 3.8) is 0 Å². The van der Waals surface area contributed by atoms with Gasteiger partial charge in [-0.25, -0.2) is 4.98 Å². The third kappa shape index (κ3) is 2.51. The highest BCUT2D eigenvalue weighted by atomic mass is 16.5. The number of aromatic nitrogens is 2. The van der Waals surface area contributed by atoms with Crippen LogP contribution < -0.4 is 4.74 Å². The lowest BCUT2D eigenvalue weighted by Gasteiger charge is -2.03. The number of nitrogens with one attached hydrogen (secondary N) is 1. The highest BCUT2D eigenvalue weighted by molar-refractivity contribution is 5.58. The first-order valence-electron chi connectivity index (χ1n) is 5.90. The molecule has 1 aromatic carbocycles. The van der Waals surface area contributed by atoms with Gasteiger partial charge in [0, 0.05) is 11.3 Å². The molecule has 0 bridgehead atoms. The average molecular weight is 241 g/mol. The maximum absolute atomic E-state index is 8.71. The zero-order chi connectivity index (χ0) is 13.0.